The predicted octanol–water partition coefficient (Wildman–Crippen LogP) is 6.89. The molecule has 0 bridgehead atoms. The van der Waals surface area contributed by atoms with Gasteiger partial charge in [-0.05, 0) is 18.4 Å². The molecule has 2 heteroatoms. The predicted molar refractivity (Wildman–Crippen MR) is 118 cm³/mol. The van der Waals surface area contributed by atoms with E-state index in [0.717, 1.165) is 12.0 Å². The highest BCUT2D eigenvalue weighted by atomic mass is 16.1. The van der Waals surface area contributed by atoms with Crippen LogP contribution >= 0.6 is 0 Å². The van der Waals surface area contributed by atoms with Gasteiger partial charge in [-0.1, -0.05) is 119 Å². The SMILES string of the molecule is CCCCCCCCCCCC=CC=CC=CC(=O)NCc1ccccc1. The molecule has 0 heterocycles. The molecule has 2 nitrogen and oxygen atoms in total. The summed E-state index contributed by atoms with van der Waals surface area (Å²) in [5, 5.41) is 2.87. The van der Waals surface area contributed by atoms with E-state index in [1.165, 1.54) is 57.8 Å². The van der Waals surface area contributed by atoms with Crippen molar-refractivity contribution in [3.63, 3.8) is 0 Å². The molecule has 0 fully saturated rings. The third-order valence-corrected chi connectivity index (χ3v) is 4.50. The van der Waals surface area contributed by atoms with Gasteiger partial charge < -0.3 is 5.32 Å². The number of nitrogens with one attached hydrogen (secondary N) is 1. The fourth-order valence-electron chi connectivity index (χ4n) is 2.86. The molecule has 0 saturated heterocycles. The number of hydrogen-bond donors (Lipinski definition) is 1. The van der Waals surface area contributed by atoms with Gasteiger partial charge in [0.15, 0.2) is 0 Å². The summed E-state index contributed by atoms with van der Waals surface area (Å²) in [6, 6.07) is 9.92. The Bertz CT molecular complexity index is 557. The van der Waals surface area contributed by atoms with Crippen LogP contribution in [0.25, 0.3) is 0 Å². The summed E-state index contributed by atoms with van der Waals surface area (Å²) in [4.78, 5) is 11.7. The highest BCUT2D eigenvalue weighted by molar-refractivity contribution is 5.87. The lowest BCUT2D eigenvalue weighted by molar-refractivity contribution is -0.116. The molecule has 0 aliphatic heterocycles. The number of rotatable bonds is 15. The molecule has 0 aliphatic carbocycles. The summed E-state index contributed by atoms with van der Waals surface area (Å²) in [6.45, 7) is 2.83. The molecule has 1 aromatic rings. The van der Waals surface area contributed by atoms with Crippen LogP contribution in [0, 0.1) is 0 Å². The zero-order chi connectivity index (χ0) is 19.4. The molecule has 0 saturated carbocycles. The van der Waals surface area contributed by atoms with E-state index in [1.807, 2.05) is 42.5 Å². The van der Waals surface area contributed by atoms with E-state index in [1.54, 1.807) is 12.2 Å². The van der Waals surface area contributed by atoms with Crippen molar-refractivity contribution in [2.75, 3.05) is 0 Å². The van der Waals surface area contributed by atoms with E-state index in [4.69, 9.17) is 0 Å². The van der Waals surface area contributed by atoms with E-state index >= 15 is 0 Å². The van der Waals surface area contributed by atoms with E-state index in [0.29, 0.717) is 6.54 Å². The molecule has 1 aromatic carbocycles. The van der Waals surface area contributed by atoms with Crippen molar-refractivity contribution in [1.29, 1.82) is 0 Å². The maximum Gasteiger partial charge on any atom is 0.244 e. The number of benzene rings is 1. The molecule has 1 amide bonds. The van der Waals surface area contributed by atoms with Crippen molar-refractivity contribution >= 4 is 5.91 Å². The van der Waals surface area contributed by atoms with Crippen LogP contribution in [0.5, 0.6) is 0 Å². The van der Waals surface area contributed by atoms with Gasteiger partial charge in [0.05, 0.1) is 0 Å². The van der Waals surface area contributed by atoms with E-state index in [9.17, 15) is 4.79 Å². The van der Waals surface area contributed by atoms with Gasteiger partial charge in [-0.25, -0.2) is 0 Å². The third kappa shape index (κ3) is 14.7. The van der Waals surface area contributed by atoms with Gasteiger partial charge in [0.1, 0.15) is 0 Å². The first-order valence-corrected chi connectivity index (χ1v) is 10.6. The molecule has 27 heavy (non-hydrogen) atoms. The highest BCUT2D eigenvalue weighted by Gasteiger charge is 1.94. The second-order valence-corrected chi connectivity index (χ2v) is 6.99. The Kier molecular flexibility index (Phi) is 14.7. The minimum atomic E-state index is -0.0674. The van der Waals surface area contributed by atoms with Gasteiger partial charge in [-0.2, -0.15) is 0 Å². The summed E-state index contributed by atoms with van der Waals surface area (Å²) < 4.78 is 0. The molecule has 1 N–H and O–H groups in total. The molecular formula is C25H37NO. The largest absolute Gasteiger partial charge is 0.348 e. The lowest BCUT2D eigenvalue weighted by Gasteiger charge is -2.01. The fraction of sp³-hybridized carbons (Fsp3) is 0.480. The van der Waals surface area contributed by atoms with Crippen LogP contribution in [0.2, 0.25) is 0 Å². The summed E-state index contributed by atoms with van der Waals surface area (Å²) in [7, 11) is 0. The number of amides is 1. The monoisotopic (exact) mass is 367 g/mol. The van der Waals surface area contributed by atoms with Crippen LogP contribution in [0.3, 0.4) is 0 Å². The molecule has 0 aromatic heterocycles. The third-order valence-electron chi connectivity index (χ3n) is 4.50. The molecule has 148 valence electrons. The molecule has 0 unspecified atom stereocenters. The van der Waals surface area contributed by atoms with Crippen molar-refractivity contribution in [2.45, 2.75) is 77.7 Å². The second-order valence-electron chi connectivity index (χ2n) is 6.99. The maximum absolute atomic E-state index is 11.7. The first kappa shape index (κ1) is 23.0. The zero-order valence-corrected chi connectivity index (χ0v) is 17.0. The highest BCUT2D eigenvalue weighted by Crippen LogP contribution is 2.10. The Labute approximate surface area is 166 Å². The standard InChI is InChI=1S/C25H37NO/c1-2-3-4-5-6-7-8-9-10-11-12-13-14-15-19-22-25(27)26-23-24-20-17-16-18-21-24/h12-22H,2-11,23H2,1H3,(H,26,27). The Balaban J connectivity index is 1.96. The van der Waals surface area contributed by atoms with Crippen LogP contribution < -0.4 is 5.32 Å². The van der Waals surface area contributed by atoms with Crippen molar-refractivity contribution in [3.8, 4) is 0 Å². The smallest absolute Gasteiger partial charge is 0.244 e. The first-order valence-electron chi connectivity index (χ1n) is 10.6. The summed E-state index contributed by atoms with van der Waals surface area (Å²) >= 11 is 0. The Morgan fingerprint density at radius 1 is 0.815 bits per heavy atom. The van der Waals surface area contributed by atoms with Crippen LogP contribution in [0.15, 0.2) is 66.8 Å². The Hall–Kier alpha value is -2.09. The Morgan fingerprint density at radius 3 is 2.15 bits per heavy atom. The Morgan fingerprint density at radius 2 is 1.44 bits per heavy atom. The van der Waals surface area contributed by atoms with Crippen LogP contribution in [-0.4, -0.2) is 5.91 Å². The van der Waals surface area contributed by atoms with E-state index in [2.05, 4.69) is 24.4 Å². The van der Waals surface area contributed by atoms with Crippen LogP contribution in [0.1, 0.15) is 76.7 Å². The number of hydrogen-bond acceptors (Lipinski definition) is 1. The minimum Gasteiger partial charge on any atom is -0.348 e. The lowest BCUT2D eigenvalue weighted by atomic mass is 10.1. The average Bonchev–Trinajstić information content (AvgIpc) is 2.70. The summed E-state index contributed by atoms with van der Waals surface area (Å²) in [5.74, 6) is -0.0674. The maximum atomic E-state index is 11.7. The molecular weight excluding hydrogens is 330 g/mol. The van der Waals surface area contributed by atoms with Crippen molar-refractivity contribution in [2.24, 2.45) is 0 Å². The van der Waals surface area contributed by atoms with E-state index in [-0.39, 0.29) is 5.91 Å². The minimum absolute atomic E-state index is 0.0674. The van der Waals surface area contributed by atoms with Crippen LogP contribution in [-0.2, 0) is 11.3 Å². The lowest BCUT2D eigenvalue weighted by Crippen LogP contribution is -2.20. The fourth-order valence-corrected chi connectivity index (χ4v) is 2.86. The normalized spacial score (nSPS) is 11.7. The molecule has 0 atom stereocenters. The quantitative estimate of drug-likeness (QED) is 0.204. The van der Waals surface area contributed by atoms with Gasteiger partial charge >= 0.3 is 0 Å². The molecule has 0 aliphatic rings. The van der Waals surface area contributed by atoms with Gasteiger partial charge in [0.25, 0.3) is 0 Å². The summed E-state index contributed by atoms with van der Waals surface area (Å²) in [6.07, 6.45) is 25.0. The molecule has 0 radical (unpaired) electrons. The van der Waals surface area contributed by atoms with Gasteiger partial charge in [-0.15, -0.1) is 0 Å². The van der Waals surface area contributed by atoms with Crippen molar-refractivity contribution < 1.29 is 4.79 Å². The van der Waals surface area contributed by atoms with Gasteiger partial charge in [-0.3, -0.25) is 4.79 Å². The number of carbonyl (C=O) groups is 1. The average molecular weight is 368 g/mol. The topological polar surface area (TPSA) is 29.1 Å². The van der Waals surface area contributed by atoms with Crippen molar-refractivity contribution in [1.82, 2.24) is 5.32 Å². The zero-order valence-electron chi connectivity index (χ0n) is 17.0. The number of unbranched alkanes of at least 4 members (excludes halogenated alkanes) is 9. The first-order chi connectivity index (χ1) is 13.3. The molecule has 1 rings (SSSR count). The molecule has 0 spiro atoms. The number of allylic oxidation sites excluding steroid dienone is 5. The van der Waals surface area contributed by atoms with Gasteiger partial charge in [0, 0.05) is 12.6 Å². The van der Waals surface area contributed by atoms with E-state index < -0.39 is 0 Å². The number of carbonyl (C=O) groups excluding carboxylic acids is 1. The van der Waals surface area contributed by atoms with Crippen molar-refractivity contribution in [3.05, 3.63) is 72.4 Å². The van der Waals surface area contributed by atoms with Gasteiger partial charge in [0.2, 0.25) is 5.91 Å². The van der Waals surface area contributed by atoms with Crippen LogP contribution in [0.4, 0.5) is 0 Å². The summed E-state index contributed by atoms with van der Waals surface area (Å²) in [5.41, 5.74) is 1.11. The second kappa shape index (κ2) is 17.3.